The molecule has 0 bridgehead atoms. The van der Waals surface area contributed by atoms with Gasteiger partial charge in [0, 0.05) is 31.6 Å². The van der Waals surface area contributed by atoms with E-state index in [1.54, 1.807) is 31.2 Å². The molecule has 1 aliphatic rings. The number of hydrogen-bond donors (Lipinski definition) is 1. The topological polar surface area (TPSA) is 158 Å². The number of amides is 3. The summed E-state index contributed by atoms with van der Waals surface area (Å²) < 4.78 is 75.9. The molecule has 4 rings (SSSR count). The van der Waals surface area contributed by atoms with Crippen molar-refractivity contribution in [1.29, 1.82) is 0 Å². The van der Waals surface area contributed by atoms with Crippen molar-refractivity contribution in [2.45, 2.75) is 24.8 Å². The Morgan fingerprint density at radius 2 is 1.61 bits per heavy atom. The van der Waals surface area contributed by atoms with E-state index in [0.717, 1.165) is 12.1 Å². The minimum absolute atomic E-state index is 0.0193. The quantitative estimate of drug-likeness (QED) is 0.274. The second-order valence-electron chi connectivity index (χ2n) is 9.68. The van der Waals surface area contributed by atoms with Crippen LogP contribution < -0.4 is 14.7 Å². The van der Waals surface area contributed by atoms with Crippen molar-refractivity contribution >= 4 is 38.9 Å². The van der Waals surface area contributed by atoms with Gasteiger partial charge in [-0.15, -0.1) is 0 Å². The smallest absolute Gasteiger partial charge is 0.495 e. The van der Waals surface area contributed by atoms with Crippen molar-refractivity contribution in [3.63, 3.8) is 0 Å². The minimum Gasteiger partial charge on any atom is -0.495 e. The van der Waals surface area contributed by atoms with Crippen LogP contribution in [-0.2, 0) is 26.1 Å². The predicted molar refractivity (Wildman–Crippen MR) is 150 cm³/mol. The molecule has 2 aromatic carbocycles. The molecule has 1 aliphatic heterocycles. The first-order valence-electron chi connectivity index (χ1n) is 13.3. The van der Waals surface area contributed by atoms with Gasteiger partial charge < -0.3 is 29.2 Å². The number of aromatic nitrogens is 1. The van der Waals surface area contributed by atoms with Crippen LogP contribution in [-0.4, -0.2) is 86.5 Å². The van der Waals surface area contributed by atoms with Crippen LogP contribution in [0.15, 0.2) is 48.5 Å². The van der Waals surface area contributed by atoms with Crippen LogP contribution in [0.3, 0.4) is 0 Å². The second kappa shape index (κ2) is 13.0. The van der Waals surface area contributed by atoms with Gasteiger partial charge in [0.25, 0.3) is 5.91 Å². The third-order valence-electron chi connectivity index (χ3n) is 6.92. The lowest BCUT2D eigenvalue weighted by molar-refractivity contribution is -0.134. The Morgan fingerprint density at radius 3 is 2.18 bits per heavy atom. The van der Waals surface area contributed by atoms with Gasteiger partial charge in [-0.25, -0.2) is 4.79 Å². The highest BCUT2D eigenvalue weighted by Gasteiger charge is 2.48. The lowest BCUT2D eigenvalue weighted by Crippen LogP contribution is -2.52. The van der Waals surface area contributed by atoms with Gasteiger partial charge in [-0.05, 0) is 43.2 Å². The number of para-hydroxylation sites is 1. The van der Waals surface area contributed by atoms with Crippen LogP contribution in [0.2, 0.25) is 0 Å². The number of ether oxygens (including phenoxy) is 2. The number of fused-ring (bicyclic) bond motifs is 1. The molecule has 0 spiro atoms. The van der Waals surface area contributed by atoms with Crippen molar-refractivity contribution in [1.82, 2.24) is 14.8 Å². The molecule has 0 saturated carbocycles. The van der Waals surface area contributed by atoms with Gasteiger partial charge in [-0.2, -0.15) is 21.6 Å². The van der Waals surface area contributed by atoms with Crippen LogP contribution >= 0.6 is 0 Å². The van der Waals surface area contributed by atoms with Gasteiger partial charge in [0.2, 0.25) is 5.91 Å². The van der Waals surface area contributed by atoms with E-state index >= 15 is 0 Å². The maximum absolute atomic E-state index is 14.1. The Kier molecular flexibility index (Phi) is 9.51. The number of piperazine rings is 1. The number of benzene rings is 2. The van der Waals surface area contributed by atoms with Gasteiger partial charge in [0.1, 0.15) is 17.1 Å². The first-order valence-corrected chi connectivity index (χ1v) is 14.7. The summed E-state index contributed by atoms with van der Waals surface area (Å²) in [5, 5.41) is 0.481. The molecular formula is C28H29F3N4O8S. The molecule has 236 valence electrons. The SMILES string of the molecule is CCOC(=O)N1CCN(C(=O)C(Cc2ccc(OS(=O)(=O)C(F)(F)F)cc2)c2nc3ccccc3c(OC)c2C(N)=O)CC1. The summed E-state index contributed by atoms with van der Waals surface area (Å²) in [5.41, 5.74) is 0.856. The Hall–Kier alpha value is -4.60. The predicted octanol–water partition coefficient (Wildman–Crippen LogP) is 3.20. The summed E-state index contributed by atoms with van der Waals surface area (Å²) in [4.78, 5) is 46.7. The Morgan fingerprint density at radius 1 is 1.00 bits per heavy atom. The molecule has 0 aliphatic carbocycles. The standard InChI is InChI=1S/C28H29F3N4O8S/c1-3-42-27(38)35-14-12-34(13-15-35)26(37)20(16-17-8-10-18(11-9-17)43-44(39,40)28(29,30)31)23-22(25(32)36)24(41-2)19-6-4-5-7-21(19)33-23/h4-11,20H,3,12-16H2,1-2H3,(H2,32,36). The summed E-state index contributed by atoms with van der Waals surface area (Å²) in [5.74, 6) is -2.98. The van der Waals surface area contributed by atoms with Crippen LogP contribution in [0.5, 0.6) is 11.5 Å². The van der Waals surface area contributed by atoms with Crippen molar-refractivity contribution in [3.05, 3.63) is 65.4 Å². The molecule has 2 N–H and O–H groups in total. The van der Waals surface area contributed by atoms with Gasteiger partial charge in [-0.1, -0.05) is 24.3 Å². The first kappa shape index (κ1) is 32.3. The van der Waals surface area contributed by atoms with Gasteiger partial charge in [0.15, 0.2) is 0 Å². The highest BCUT2D eigenvalue weighted by molar-refractivity contribution is 7.88. The molecule has 16 heteroatoms. The van der Waals surface area contributed by atoms with E-state index in [0.29, 0.717) is 16.5 Å². The summed E-state index contributed by atoms with van der Waals surface area (Å²) in [7, 11) is -4.54. The molecule has 44 heavy (non-hydrogen) atoms. The fourth-order valence-electron chi connectivity index (χ4n) is 4.84. The third-order valence-corrected chi connectivity index (χ3v) is 7.90. The zero-order valence-corrected chi connectivity index (χ0v) is 24.5. The second-order valence-corrected chi connectivity index (χ2v) is 11.2. The highest BCUT2D eigenvalue weighted by atomic mass is 32.2. The number of primary amides is 1. The number of nitrogens with two attached hydrogens (primary N) is 1. The van der Waals surface area contributed by atoms with E-state index < -0.39 is 45.2 Å². The molecule has 1 fully saturated rings. The number of pyridine rings is 1. The number of rotatable bonds is 9. The number of carbonyl (C=O) groups excluding carboxylic acids is 3. The molecule has 1 atom stereocenters. The summed E-state index contributed by atoms with van der Waals surface area (Å²) in [6.07, 6.45) is -0.624. The summed E-state index contributed by atoms with van der Waals surface area (Å²) >= 11 is 0. The fourth-order valence-corrected chi connectivity index (χ4v) is 5.30. The summed E-state index contributed by atoms with van der Waals surface area (Å²) in [6.45, 7) is 2.54. The van der Waals surface area contributed by atoms with Crippen LogP contribution in [0.4, 0.5) is 18.0 Å². The Bertz CT molecular complexity index is 1660. The molecule has 3 aromatic rings. The maximum Gasteiger partial charge on any atom is 0.534 e. The van der Waals surface area contributed by atoms with Crippen molar-refractivity contribution in [3.8, 4) is 11.5 Å². The zero-order chi connectivity index (χ0) is 32.2. The van der Waals surface area contributed by atoms with E-state index in [1.807, 2.05) is 0 Å². The number of methoxy groups -OCH3 is 1. The van der Waals surface area contributed by atoms with Crippen molar-refractivity contribution in [2.24, 2.45) is 5.73 Å². The van der Waals surface area contributed by atoms with E-state index in [-0.39, 0.29) is 56.2 Å². The van der Waals surface area contributed by atoms with E-state index in [9.17, 15) is 36.0 Å². The molecule has 1 saturated heterocycles. The number of hydrogen-bond acceptors (Lipinski definition) is 9. The lowest BCUT2D eigenvalue weighted by atomic mass is 9.89. The molecule has 3 amide bonds. The van der Waals surface area contributed by atoms with E-state index in [1.165, 1.54) is 29.0 Å². The Balaban J connectivity index is 1.74. The summed E-state index contributed by atoms with van der Waals surface area (Å²) in [6, 6.07) is 11.4. The van der Waals surface area contributed by atoms with Gasteiger partial charge in [-0.3, -0.25) is 14.6 Å². The van der Waals surface area contributed by atoms with Crippen molar-refractivity contribution in [2.75, 3.05) is 39.9 Å². The number of halogens is 3. The minimum atomic E-state index is -5.89. The van der Waals surface area contributed by atoms with Crippen LogP contribution in [0, 0.1) is 0 Å². The molecule has 2 heterocycles. The third kappa shape index (κ3) is 6.79. The van der Waals surface area contributed by atoms with E-state index in [4.69, 9.17) is 15.2 Å². The highest BCUT2D eigenvalue weighted by Crippen LogP contribution is 2.36. The van der Waals surface area contributed by atoms with Crippen LogP contribution in [0.1, 0.15) is 34.5 Å². The molecular weight excluding hydrogens is 609 g/mol. The zero-order valence-electron chi connectivity index (χ0n) is 23.7. The molecule has 1 unspecified atom stereocenters. The van der Waals surface area contributed by atoms with Gasteiger partial charge >= 0.3 is 21.7 Å². The number of alkyl halides is 3. The maximum atomic E-state index is 14.1. The monoisotopic (exact) mass is 638 g/mol. The molecule has 0 radical (unpaired) electrons. The number of carbonyl (C=O) groups is 3. The average Bonchev–Trinajstić information content (AvgIpc) is 2.98. The van der Waals surface area contributed by atoms with Crippen LogP contribution in [0.25, 0.3) is 10.9 Å². The first-order chi connectivity index (χ1) is 20.8. The largest absolute Gasteiger partial charge is 0.534 e. The molecule has 1 aromatic heterocycles. The molecule has 12 nitrogen and oxygen atoms in total. The fraction of sp³-hybridized carbons (Fsp3) is 0.357. The van der Waals surface area contributed by atoms with Crippen molar-refractivity contribution < 1.29 is 49.6 Å². The number of nitrogens with zero attached hydrogens (tertiary/aromatic N) is 3. The normalized spacial score (nSPS) is 14.7. The Labute approximate surface area is 250 Å². The lowest BCUT2D eigenvalue weighted by Gasteiger charge is -2.36. The van der Waals surface area contributed by atoms with E-state index in [2.05, 4.69) is 9.17 Å². The van der Waals surface area contributed by atoms with Gasteiger partial charge in [0.05, 0.1) is 30.8 Å². The average molecular weight is 639 g/mol.